The zero-order valence-corrected chi connectivity index (χ0v) is 9.61. The van der Waals surface area contributed by atoms with Gasteiger partial charge in [-0.25, -0.2) is 0 Å². The van der Waals surface area contributed by atoms with E-state index in [1.54, 1.807) is 6.08 Å². The van der Waals surface area contributed by atoms with Gasteiger partial charge in [0.25, 0.3) is 0 Å². The molecule has 0 aromatic heterocycles. The van der Waals surface area contributed by atoms with Crippen LogP contribution >= 0.6 is 0 Å². The van der Waals surface area contributed by atoms with E-state index < -0.39 is 6.04 Å². The molecule has 1 unspecified atom stereocenters. The summed E-state index contributed by atoms with van der Waals surface area (Å²) < 4.78 is 5.39. The number of fused-ring (bicyclic) bond motifs is 1. The molecule has 0 fully saturated rings. The second kappa shape index (κ2) is 5.01. The maximum Gasteiger partial charge on any atom is 0.241 e. The number of nitrogens with one attached hydrogen (secondary N) is 1. The summed E-state index contributed by atoms with van der Waals surface area (Å²) in [5.41, 5.74) is 7.57. The normalized spacial score (nSPS) is 14.6. The number of hydrogen-bond donors (Lipinski definition) is 2. The van der Waals surface area contributed by atoms with Crippen molar-refractivity contribution in [2.45, 2.75) is 18.9 Å². The third-order valence-corrected chi connectivity index (χ3v) is 2.71. The molecule has 1 amide bonds. The number of ether oxygens (including phenoxy) is 1. The van der Waals surface area contributed by atoms with Gasteiger partial charge in [0.05, 0.1) is 12.6 Å². The molecule has 1 heterocycles. The van der Waals surface area contributed by atoms with Crippen molar-refractivity contribution in [3.8, 4) is 5.75 Å². The predicted molar refractivity (Wildman–Crippen MR) is 67.1 cm³/mol. The smallest absolute Gasteiger partial charge is 0.241 e. The van der Waals surface area contributed by atoms with Gasteiger partial charge >= 0.3 is 0 Å². The molecule has 1 aliphatic heterocycles. The van der Waals surface area contributed by atoms with Crippen molar-refractivity contribution in [3.63, 3.8) is 0 Å². The second-order valence-electron chi connectivity index (χ2n) is 4.04. The highest BCUT2D eigenvalue weighted by atomic mass is 16.5. The molecule has 1 aliphatic rings. The first kappa shape index (κ1) is 11.7. The molecule has 90 valence electrons. The number of anilines is 1. The highest BCUT2D eigenvalue weighted by Crippen LogP contribution is 2.27. The van der Waals surface area contributed by atoms with Gasteiger partial charge in [-0.2, -0.15) is 0 Å². The summed E-state index contributed by atoms with van der Waals surface area (Å²) in [6, 6.07) is 5.08. The van der Waals surface area contributed by atoms with Crippen LogP contribution in [0.5, 0.6) is 5.75 Å². The Morgan fingerprint density at radius 1 is 1.65 bits per heavy atom. The highest BCUT2D eigenvalue weighted by Gasteiger charge is 2.15. The van der Waals surface area contributed by atoms with Gasteiger partial charge in [0.1, 0.15) is 5.75 Å². The van der Waals surface area contributed by atoms with Crippen LogP contribution in [0.2, 0.25) is 0 Å². The summed E-state index contributed by atoms with van der Waals surface area (Å²) in [5.74, 6) is 0.710. The number of benzene rings is 1. The minimum Gasteiger partial charge on any atom is -0.493 e. The molecule has 0 bridgehead atoms. The monoisotopic (exact) mass is 232 g/mol. The van der Waals surface area contributed by atoms with Crippen LogP contribution in [0, 0.1) is 0 Å². The molecule has 3 N–H and O–H groups in total. The van der Waals surface area contributed by atoms with Crippen LogP contribution in [-0.2, 0) is 11.2 Å². The lowest BCUT2D eigenvalue weighted by molar-refractivity contribution is -0.117. The van der Waals surface area contributed by atoms with Crippen LogP contribution in [0.4, 0.5) is 5.69 Å². The van der Waals surface area contributed by atoms with Crippen LogP contribution in [-0.4, -0.2) is 18.6 Å². The largest absolute Gasteiger partial charge is 0.493 e. The van der Waals surface area contributed by atoms with Crippen molar-refractivity contribution in [2.24, 2.45) is 5.73 Å². The molecule has 0 aliphatic carbocycles. The Bertz CT molecular complexity index is 443. The van der Waals surface area contributed by atoms with Crippen molar-refractivity contribution in [1.29, 1.82) is 0 Å². The Kier molecular flexibility index (Phi) is 3.44. The fourth-order valence-corrected chi connectivity index (χ4v) is 1.79. The van der Waals surface area contributed by atoms with Gasteiger partial charge in [-0.15, -0.1) is 6.58 Å². The first-order valence-electron chi connectivity index (χ1n) is 5.64. The molecular weight excluding hydrogens is 216 g/mol. The van der Waals surface area contributed by atoms with Gasteiger partial charge < -0.3 is 15.8 Å². The number of rotatable bonds is 4. The zero-order valence-electron chi connectivity index (χ0n) is 9.61. The van der Waals surface area contributed by atoms with Crippen LogP contribution < -0.4 is 15.8 Å². The van der Waals surface area contributed by atoms with Crippen molar-refractivity contribution in [1.82, 2.24) is 0 Å². The van der Waals surface area contributed by atoms with Crippen LogP contribution in [0.1, 0.15) is 12.0 Å². The maximum absolute atomic E-state index is 11.7. The van der Waals surface area contributed by atoms with E-state index >= 15 is 0 Å². The van der Waals surface area contributed by atoms with Gasteiger partial charge in [-0.1, -0.05) is 6.08 Å². The lowest BCUT2D eigenvalue weighted by Gasteiger charge is -2.11. The summed E-state index contributed by atoms with van der Waals surface area (Å²) in [7, 11) is 0. The summed E-state index contributed by atoms with van der Waals surface area (Å²) in [5, 5.41) is 2.79. The molecule has 17 heavy (non-hydrogen) atoms. The predicted octanol–water partition coefficient (Wildman–Crippen LogP) is 1.46. The molecule has 0 saturated carbocycles. The Balaban J connectivity index is 2.04. The Morgan fingerprint density at radius 2 is 2.47 bits per heavy atom. The standard InChI is InChI=1S/C13H16N2O2/c1-2-3-11(14)13(16)15-10-4-5-12-9(8-10)6-7-17-12/h2,4-5,8,11H,1,3,6-7,14H2,(H,15,16). The first-order chi connectivity index (χ1) is 8.20. The quantitative estimate of drug-likeness (QED) is 0.772. The summed E-state index contributed by atoms with van der Waals surface area (Å²) in [6.07, 6.45) is 3.00. The molecular formula is C13H16N2O2. The molecule has 2 rings (SSSR count). The number of hydrogen-bond acceptors (Lipinski definition) is 3. The van der Waals surface area contributed by atoms with E-state index in [-0.39, 0.29) is 5.91 Å². The minimum atomic E-state index is -0.544. The SMILES string of the molecule is C=CCC(N)C(=O)Nc1ccc2c(c1)CCO2. The lowest BCUT2D eigenvalue weighted by atomic mass is 10.1. The van der Waals surface area contributed by atoms with Gasteiger partial charge in [0.2, 0.25) is 5.91 Å². The number of amides is 1. The van der Waals surface area contributed by atoms with E-state index in [1.165, 1.54) is 0 Å². The number of carbonyl (C=O) groups excluding carboxylic acids is 1. The molecule has 0 spiro atoms. The van der Waals surface area contributed by atoms with Gasteiger partial charge in [-0.05, 0) is 30.2 Å². The summed E-state index contributed by atoms with van der Waals surface area (Å²) in [4.78, 5) is 11.7. The number of carbonyl (C=O) groups is 1. The number of nitrogens with two attached hydrogens (primary N) is 1. The Morgan fingerprint density at radius 3 is 3.24 bits per heavy atom. The van der Waals surface area contributed by atoms with Crippen molar-refractivity contribution in [3.05, 3.63) is 36.4 Å². The van der Waals surface area contributed by atoms with Crippen LogP contribution in [0.3, 0.4) is 0 Å². The van der Waals surface area contributed by atoms with E-state index in [0.29, 0.717) is 13.0 Å². The molecule has 1 aromatic carbocycles. The average molecular weight is 232 g/mol. The first-order valence-corrected chi connectivity index (χ1v) is 5.64. The van der Waals surface area contributed by atoms with E-state index in [1.807, 2.05) is 18.2 Å². The second-order valence-corrected chi connectivity index (χ2v) is 4.04. The highest BCUT2D eigenvalue weighted by molar-refractivity contribution is 5.94. The van der Waals surface area contributed by atoms with Crippen LogP contribution in [0.25, 0.3) is 0 Å². The fourth-order valence-electron chi connectivity index (χ4n) is 1.79. The summed E-state index contributed by atoms with van der Waals surface area (Å²) >= 11 is 0. The van der Waals surface area contributed by atoms with E-state index in [4.69, 9.17) is 10.5 Å². The van der Waals surface area contributed by atoms with Crippen molar-refractivity contribution >= 4 is 11.6 Å². The molecule has 1 aromatic rings. The Labute approximate surface area is 100 Å². The van der Waals surface area contributed by atoms with E-state index in [2.05, 4.69) is 11.9 Å². The lowest BCUT2D eigenvalue weighted by Crippen LogP contribution is -2.35. The molecule has 4 nitrogen and oxygen atoms in total. The maximum atomic E-state index is 11.7. The fraction of sp³-hybridized carbons (Fsp3) is 0.308. The zero-order chi connectivity index (χ0) is 12.3. The molecule has 1 atom stereocenters. The summed E-state index contributed by atoms with van der Waals surface area (Å²) in [6.45, 7) is 4.27. The van der Waals surface area contributed by atoms with Crippen LogP contribution in [0.15, 0.2) is 30.9 Å². The Hall–Kier alpha value is -1.81. The van der Waals surface area contributed by atoms with E-state index in [0.717, 1.165) is 23.4 Å². The minimum absolute atomic E-state index is 0.191. The average Bonchev–Trinajstić information content (AvgIpc) is 2.76. The molecule has 0 saturated heterocycles. The van der Waals surface area contributed by atoms with Gasteiger partial charge in [0, 0.05) is 12.1 Å². The van der Waals surface area contributed by atoms with E-state index in [9.17, 15) is 4.79 Å². The third-order valence-electron chi connectivity index (χ3n) is 2.71. The molecule has 4 heteroatoms. The topological polar surface area (TPSA) is 64.4 Å². The van der Waals surface area contributed by atoms with Crippen molar-refractivity contribution in [2.75, 3.05) is 11.9 Å². The van der Waals surface area contributed by atoms with Gasteiger partial charge in [-0.3, -0.25) is 4.79 Å². The third kappa shape index (κ3) is 2.65. The van der Waals surface area contributed by atoms with Crippen molar-refractivity contribution < 1.29 is 9.53 Å². The van der Waals surface area contributed by atoms with Gasteiger partial charge in [0.15, 0.2) is 0 Å². The molecule has 0 radical (unpaired) electrons.